The molecule has 0 radical (unpaired) electrons. The van der Waals surface area contributed by atoms with Gasteiger partial charge in [0.1, 0.15) is 5.76 Å². The predicted molar refractivity (Wildman–Crippen MR) is 113 cm³/mol. The Labute approximate surface area is 183 Å². The summed E-state index contributed by atoms with van der Waals surface area (Å²) in [7, 11) is 0. The molecular weight excluding hydrogens is 412 g/mol. The molecule has 0 aliphatic carbocycles. The Bertz CT molecular complexity index is 1170. The standard InChI is InChI=1S/C24H20N2O6/c1-15(16-6-3-2-4-7-16)25-21(27)14-32-24(30)17-9-10-19-20(12-17)23(29)26(22(19)28)13-18-8-5-11-31-18/h2-12,15H,13-14H2,1H3,(H,25,27)/t15-/m1/s1. The molecule has 162 valence electrons. The zero-order valence-corrected chi connectivity index (χ0v) is 17.2. The third-order valence-electron chi connectivity index (χ3n) is 5.11. The molecule has 1 atom stereocenters. The van der Waals surface area contributed by atoms with Crippen LogP contribution in [0.1, 0.15) is 55.4 Å². The highest BCUT2D eigenvalue weighted by Gasteiger charge is 2.36. The van der Waals surface area contributed by atoms with E-state index in [9.17, 15) is 19.2 Å². The number of nitrogens with one attached hydrogen (secondary N) is 1. The number of furan rings is 1. The van der Waals surface area contributed by atoms with Gasteiger partial charge in [-0.05, 0) is 42.8 Å². The topological polar surface area (TPSA) is 106 Å². The lowest BCUT2D eigenvalue weighted by Crippen LogP contribution is -2.31. The molecule has 8 heteroatoms. The van der Waals surface area contributed by atoms with Gasteiger partial charge in [-0.3, -0.25) is 19.3 Å². The Balaban J connectivity index is 1.37. The Morgan fingerprint density at radius 2 is 1.75 bits per heavy atom. The maximum atomic E-state index is 12.7. The molecule has 3 amide bonds. The second-order valence-electron chi connectivity index (χ2n) is 7.31. The third-order valence-corrected chi connectivity index (χ3v) is 5.11. The van der Waals surface area contributed by atoms with Crippen molar-refractivity contribution >= 4 is 23.7 Å². The SMILES string of the molecule is C[C@@H](NC(=O)COC(=O)c1ccc2c(c1)C(=O)N(Cc1ccco1)C2=O)c1ccccc1. The summed E-state index contributed by atoms with van der Waals surface area (Å²) >= 11 is 0. The zero-order valence-electron chi connectivity index (χ0n) is 17.2. The molecule has 1 N–H and O–H groups in total. The number of amides is 3. The number of carbonyl (C=O) groups is 4. The molecule has 2 heterocycles. The molecule has 4 rings (SSSR count). The lowest BCUT2D eigenvalue weighted by Gasteiger charge is -2.14. The van der Waals surface area contributed by atoms with Gasteiger partial charge in [-0.15, -0.1) is 0 Å². The smallest absolute Gasteiger partial charge is 0.338 e. The minimum Gasteiger partial charge on any atom is -0.467 e. The van der Waals surface area contributed by atoms with Gasteiger partial charge in [-0.1, -0.05) is 30.3 Å². The summed E-state index contributed by atoms with van der Waals surface area (Å²) in [5.74, 6) is -1.73. The number of imide groups is 1. The van der Waals surface area contributed by atoms with Crippen LogP contribution in [0.25, 0.3) is 0 Å². The van der Waals surface area contributed by atoms with Gasteiger partial charge in [0.25, 0.3) is 17.7 Å². The fourth-order valence-electron chi connectivity index (χ4n) is 3.44. The van der Waals surface area contributed by atoms with E-state index in [0.29, 0.717) is 5.76 Å². The van der Waals surface area contributed by atoms with E-state index < -0.39 is 30.3 Å². The first-order valence-corrected chi connectivity index (χ1v) is 9.98. The molecule has 0 unspecified atom stereocenters. The number of esters is 1. The van der Waals surface area contributed by atoms with Crippen molar-refractivity contribution in [2.75, 3.05) is 6.61 Å². The van der Waals surface area contributed by atoms with Crippen molar-refractivity contribution in [3.05, 3.63) is 94.9 Å². The van der Waals surface area contributed by atoms with Gasteiger partial charge in [-0.2, -0.15) is 0 Å². The lowest BCUT2D eigenvalue weighted by atomic mass is 10.1. The van der Waals surface area contributed by atoms with Crippen LogP contribution in [0.2, 0.25) is 0 Å². The third kappa shape index (κ3) is 4.29. The zero-order chi connectivity index (χ0) is 22.7. The van der Waals surface area contributed by atoms with Gasteiger partial charge in [-0.25, -0.2) is 4.79 Å². The van der Waals surface area contributed by atoms with Crippen molar-refractivity contribution in [1.29, 1.82) is 0 Å². The van der Waals surface area contributed by atoms with E-state index in [2.05, 4.69) is 5.32 Å². The Morgan fingerprint density at radius 3 is 2.47 bits per heavy atom. The maximum absolute atomic E-state index is 12.7. The van der Waals surface area contributed by atoms with Crippen molar-refractivity contribution in [3.63, 3.8) is 0 Å². The summed E-state index contributed by atoms with van der Waals surface area (Å²) in [6, 6.07) is 16.6. The van der Waals surface area contributed by atoms with Crippen LogP contribution in [0.15, 0.2) is 71.3 Å². The Kier molecular flexibility index (Phi) is 5.85. The summed E-state index contributed by atoms with van der Waals surface area (Å²) in [5.41, 5.74) is 1.31. The van der Waals surface area contributed by atoms with Crippen LogP contribution in [-0.2, 0) is 16.1 Å². The van der Waals surface area contributed by atoms with Crippen molar-refractivity contribution in [2.45, 2.75) is 19.5 Å². The number of hydrogen-bond acceptors (Lipinski definition) is 6. The molecular formula is C24H20N2O6. The average molecular weight is 432 g/mol. The second kappa shape index (κ2) is 8.89. The normalized spacial score (nSPS) is 13.6. The van der Waals surface area contributed by atoms with Gasteiger partial charge in [0, 0.05) is 0 Å². The number of benzene rings is 2. The molecule has 2 aromatic carbocycles. The van der Waals surface area contributed by atoms with Gasteiger partial charge < -0.3 is 14.5 Å². The maximum Gasteiger partial charge on any atom is 0.338 e. The van der Waals surface area contributed by atoms with E-state index in [1.54, 1.807) is 12.1 Å². The fraction of sp³-hybridized carbons (Fsp3) is 0.167. The van der Waals surface area contributed by atoms with E-state index in [1.807, 2.05) is 37.3 Å². The van der Waals surface area contributed by atoms with Gasteiger partial charge in [0.05, 0.1) is 35.5 Å². The highest BCUT2D eigenvalue weighted by molar-refractivity contribution is 6.21. The molecule has 0 bridgehead atoms. The van der Waals surface area contributed by atoms with Crippen molar-refractivity contribution < 1.29 is 28.3 Å². The van der Waals surface area contributed by atoms with E-state index in [-0.39, 0.29) is 29.3 Å². The average Bonchev–Trinajstić information content (AvgIpc) is 3.41. The molecule has 0 saturated heterocycles. The van der Waals surface area contributed by atoms with Crippen molar-refractivity contribution in [3.8, 4) is 0 Å². The summed E-state index contributed by atoms with van der Waals surface area (Å²) in [5, 5.41) is 2.75. The molecule has 3 aromatic rings. The lowest BCUT2D eigenvalue weighted by molar-refractivity contribution is -0.124. The van der Waals surface area contributed by atoms with Gasteiger partial charge in [0.15, 0.2) is 6.61 Å². The van der Waals surface area contributed by atoms with E-state index in [0.717, 1.165) is 10.5 Å². The summed E-state index contributed by atoms with van der Waals surface area (Å²) in [6.45, 7) is 1.36. The van der Waals surface area contributed by atoms with Crippen LogP contribution in [0.3, 0.4) is 0 Å². The van der Waals surface area contributed by atoms with Crippen LogP contribution >= 0.6 is 0 Å². The minimum absolute atomic E-state index is 0.00109. The molecule has 1 aliphatic rings. The van der Waals surface area contributed by atoms with Crippen LogP contribution in [0, 0.1) is 0 Å². The van der Waals surface area contributed by atoms with Crippen LogP contribution in [0.5, 0.6) is 0 Å². The first kappa shape index (κ1) is 21.0. The van der Waals surface area contributed by atoms with Crippen LogP contribution < -0.4 is 5.32 Å². The quantitative estimate of drug-likeness (QED) is 0.454. The number of fused-ring (bicyclic) bond motifs is 1. The summed E-state index contributed by atoms with van der Waals surface area (Å²) in [6.07, 6.45) is 1.46. The largest absolute Gasteiger partial charge is 0.467 e. The van der Waals surface area contributed by atoms with Crippen LogP contribution in [0.4, 0.5) is 0 Å². The minimum atomic E-state index is -0.764. The van der Waals surface area contributed by atoms with Gasteiger partial charge in [0.2, 0.25) is 0 Å². The highest BCUT2D eigenvalue weighted by Crippen LogP contribution is 2.26. The Morgan fingerprint density at radius 1 is 1.00 bits per heavy atom. The molecule has 8 nitrogen and oxygen atoms in total. The second-order valence-corrected chi connectivity index (χ2v) is 7.31. The molecule has 0 fully saturated rings. The number of hydrogen-bond donors (Lipinski definition) is 1. The van der Waals surface area contributed by atoms with Crippen LogP contribution in [-0.4, -0.2) is 35.2 Å². The predicted octanol–water partition coefficient (Wildman–Crippen LogP) is 3.11. The summed E-state index contributed by atoms with van der Waals surface area (Å²) < 4.78 is 10.3. The number of nitrogens with zero attached hydrogens (tertiary/aromatic N) is 1. The monoisotopic (exact) mass is 432 g/mol. The molecule has 1 aromatic heterocycles. The Hall–Kier alpha value is -4.20. The number of carbonyl (C=O) groups excluding carboxylic acids is 4. The van der Waals surface area contributed by atoms with Crippen molar-refractivity contribution in [1.82, 2.24) is 10.2 Å². The number of ether oxygens (including phenoxy) is 1. The van der Waals surface area contributed by atoms with E-state index >= 15 is 0 Å². The molecule has 32 heavy (non-hydrogen) atoms. The fourth-order valence-corrected chi connectivity index (χ4v) is 3.44. The van der Waals surface area contributed by atoms with Crippen molar-refractivity contribution in [2.24, 2.45) is 0 Å². The molecule has 0 saturated carbocycles. The van der Waals surface area contributed by atoms with E-state index in [1.165, 1.54) is 24.5 Å². The summed E-state index contributed by atoms with van der Waals surface area (Å²) in [4.78, 5) is 50.8. The molecule has 1 aliphatic heterocycles. The number of rotatable bonds is 7. The van der Waals surface area contributed by atoms with E-state index in [4.69, 9.17) is 9.15 Å². The highest BCUT2D eigenvalue weighted by atomic mass is 16.5. The first-order chi connectivity index (χ1) is 15.4. The molecule has 0 spiro atoms. The van der Waals surface area contributed by atoms with Gasteiger partial charge >= 0.3 is 5.97 Å². The first-order valence-electron chi connectivity index (χ1n) is 9.98.